The molecule has 7 heteroatoms. The highest BCUT2D eigenvalue weighted by Gasteiger charge is 2.15. The highest BCUT2D eigenvalue weighted by atomic mass is 32.2. The lowest BCUT2D eigenvalue weighted by atomic mass is 10.3. The number of hydrogen-bond donors (Lipinski definition) is 3. The molecule has 0 bridgehead atoms. The lowest BCUT2D eigenvalue weighted by Gasteiger charge is -2.03. The molecular weight excluding hydrogens is 210 g/mol. The van der Waals surface area contributed by atoms with E-state index in [1.165, 1.54) is 0 Å². The van der Waals surface area contributed by atoms with Gasteiger partial charge in [0.1, 0.15) is 0 Å². The molecule has 6 nitrogen and oxygen atoms in total. The first-order chi connectivity index (χ1) is 6.47. The van der Waals surface area contributed by atoms with Crippen LogP contribution in [-0.4, -0.2) is 24.6 Å². The summed E-state index contributed by atoms with van der Waals surface area (Å²) in [6.07, 6.45) is 0. The summed E-state index contributed by atoms with van der Waals surface area (Å²) in [5.74, 6) is 3.04. The predicted octanol–water partition coefficient (Wildman–Crippen LogP) is -0.281. The minimum Gasteiger partial charge on any atom is -0.504 e. The molecule has 0 aliphatic carbocycles. The van der Waals surface area contributed by atoms with Gasteiger partial charge in [-0.25, -0.2) is 14.3 Å². The van der Waals surface area contributed by atoms with E-state index in [0.717, 1.165) is 18.2 Å². The first-order valence-corrected chi connectivity index (χ1v) is 5.19. The summed E-state index contributed by atoms with van der Waals surface area (Å²) in [4.78, 5) is 3.83. The molecule has 0 aliphatic rings. The predicted molar refractivity (Wildman–Crippen MR) is 47.1 cm³/mol. The molecule has 0 amide bonds. The molecule has 0 saturated carbocycles. The van der Waals surface area contributed by atoms with Crippen molar-refractivity contribution in [2.75, 3.05) is 5.94 Å². The van der Waals surface area contributed by atoms with Crippen LogP contribution >= 0.6 is 0 Å². The molecule has 14 heavy (non-hydrogen) atoms. The standard InChI is InChI=1S/C7H9NO5S/c8-13-4-14(11,12)5-1-2-6(9)7(10)3-5/h1-3,9-10H,4,8H2. The van der Waals surface area contributed by atoms with Crippen molar-refractivity contribution in [2.24, 2.45) is 5.90 Å². The van der Waals surface area contributed by atoms with E-state index in [9.17, 15) is 8.42 Å². The SMILES string of the molecule is NOCS(=O)(=O)c1ccc(O)c(O)c1. The Labute approximate surface area is 80.4 Å². The molecule has 78 valence electrons. The number of sulfone groups is 1. The number of rotatable bonds is 3. The normalized spacial score (nSPS) is 11.5. The fourth-order valence-corrected chi connectivity index (χ4v) is 1.74. The van der Waals surface area contributed by atoms with E-state index < -0.39 is 27.3 Å². The number of phenols is 2. The van der Waals surface area contributed by atoms with Gasteiger partial charge in [-0.3, -0.25) is 4.84 Å². The molecule has 0 radical (unpaired) electrons. The van der Waals surface area contributed by atoms with E-state index in [0.29, 0.717) is 0 Å². The number of phenolic OH excluding ortho intramolecular Hbond substituents is 2. The topological polar surface area (TPSA) is 110 Å². The second-order valence-electron chi connectivity index (χ2n) is 2.55. The van der Waals surface area contributed by atoms with Crippen molar-refractivity contribution in [1.29, 1.82) is 0 Å². The Morgan fingerprint density at radius 2 is 1.93 bits per heavy atom. The van der Waals surface area contributed by atoms with Crippen molar-refractivity contribution in [2.45, 2.75) is 4.90 Å². The van der Waals surface area contributed by atoms with Gasteiger partial charge in [-0.1, -0.05) is 0 Å². The second-order valence-corrected chi connectivity index (χ2v) is 4.49. The van der Waals surface area contributed by atoms with Gasteiger partial charge in [-0.15, -0.1) is 0 Å². The molecule has 0 fully saturated rings. The van der Waals surface area contributed by atoms with Crippen molar-refractivity contribution in [3.05, 3.63) is 18.2 Å². The van der Waals surface area contributed by atoms with Crippen LogP contribution in [0.25, 0.3) is 0 Å². The maximum Gasteiger partial charge on any atom is 0.204 e. The number of hydrogen-bond acceptors (Lipinski definition) is 6. The Bertz CT molecular complexity index is 428. The van der Waals surface area contributed by atoms with Gasteiger partial charge in [-0.05, 0) is 12.1 Å². The zero-order valence-electron chi connectivity index (χ0n) is 7.04. The van der Waals surface area contributed by atoms with E-state index in [1.54, 1.807) is 0 Å². The van der Waals surface area contributed by atoms with Gasteiger partial charge in [0.15, 0.2) is 17.4 Å². The maximum atomic E-state index is 11.3. The third-order valence-corrected chi connectivity index (χ3v) is 2.95. The molecule has 0 saturated heterocycles. The lowest BCUT2D eigenvalue weighted by Crippen LogP contribution is -2.13. The van der Waals surface area contributed by atoms with Crippen LogP contribution in [-0.2, 0) is 14.7 Å². The third-order valence-electron chi connectivity index (χ3n) is 1.53. The van der Waals surface area contributed by atoms with Crippen LogP contribution in [0.3, 0.4) is 0 Å². The van der Waals surface area contributed by atoms with Crippen LogP contribution in [0.1, 0.15) is 0 Å². The van der Waals surface area contributed by atoms with Gasteiger partial charge < -0.3 is 10.2 Å². The van der Waals surface area contributed by atoms with Crippen LogP contribution in [0, 0.1) is 0 Å². The van der Waals surface area contributed by atoms with Gasteiger partial charge in [-0.2, -0.15) is 0 Å². The first kappa shape index (κ1) is 10.8. The van der Waals surface area contributed by atoms with Gasteiger partial charge >= 0.3 is 0 Å². The summed E-state index contributed by atoms with van der Waals surface area (Å²) >= 11 is 0. The van der Waals surface area contributed by atoms with Crippen molar-refractivity contribution in [1.82, 2.24) is 0 Å². The summed E-state index contributed by atoms with van der Waals surface area (Å²) in [6, 6.07) is 3.13. The molecule has 4 N–H and O–H groups in total. The Kier molecular flexibility index (Phi) is 2.94. The number of nitrogens with two attached hydrogens (primary N) is 1. The highest BCUT2D eigenvalue weighted by molar-refractivity contribution is 7.91. The zero-order valence-corrected chi connectivity index (χ0v) is 7.86. The molecule has 1 aromatic carbocycles. The largest absolute Gasteiger partial charge is 0.504 e. The summed E-state index contributed by atoms with van der Waals surface area (Å²) < 4.78 is 22.6. The van der Waals surface area contributed by atoms with Crippen LogP contribution in [0.5, 0.6) is 11.5 Å². The van der Waals surface area contributed by atoms with Crippen LogP contribution < -0.4 is 5.90 Å². The molecule has 1 rings (SSSR count). The smallest absolute Gasteiger partial charge is 0.204 e. The zero-order chi connectivity index (χ0) is 10.8. The van der Waals surface area contributed by atoms with E-state index in [4.69, 9.17) is 10.2 Å². The van der Waals surface area contributed by atoms with E-state index in [-0.39, 0.29) is 4.90 Å². The van der Waals surface area contributed by atoms with E-state index in [1.807, 2.05) is 0 Å². The molecule has 1 aromatic rings. The molecule has 0 heterocycles. The van der Waals surface area contributed by atoms with Crippen molar-refractivity contribution in [3.63, 3.8) is 0 Å². The lowest BCUT2D eigenvalue weighted by molar-refractivity contribution is 0.183. The Balaban J connectivity index is 3.15. The Morgan fingerprint density at radius 3 is 2.43 bits per heavy atom. The molecule has 0 aliphatic heterocycles. The van der Waals surface area contributed by atoms with Crippen LogP contribution in [0.4, 0.5) is 0 Å². The van der Waals surface area contributed by atoms with Gasteiger partial charge in [0.05, 0.1) is 4.90 Å². The quantitative estimate of drug-likeness (QED) is 0.476. The van der Waals surface area contributed by atoms with Gasteiger partial charge in [0.2, 0.25) is 9.84 Å². The van der Waals surface area contributed by atoms with Crippen LogP contribution in [0.15, 0.2) is 23.1 Å². The van der Waals surface area contributed by atoms with Crippen molar-refractivity contribution in [3.8, 4) is 11.5 Å². The molecular formula is C7H9NO5S. The Morgan fingerprint density at radius 1 is 1.29 bits per heavy atom. The van der Waals surface area contributed by atoms with Crippen molar-refractivity contribution >= 4 is 9.84 Å². The van der Waals surface area contributed by atoms with Gasteiger partial charge in [0, 0.05) is 6.07 Å². The van der Waals surface area contributed by atoms with Gasteiger partial charge in [0.25, 0.3) is 0 Å². The Hall–Kier alpha value is -1.31. The maximum absolute atomic E-state index is 11.3. The van der Waals surface area contributed by atoms with Crippen molar-refractivity contribution < 1.29 is 23.5 Å². The molecule has 0 unspecified atom stereocenters. The fraction of sp³-hybridized carbons (Fsp3) is 0.143. The van der Waals surface area contributed by atoms with E-state index in [2.05, 4.69) is 10.7 Å². The molecule has 0 aromatic heterocycles. The summed E-state index contributed by atoms with van der Waals surface area (Å²) in [6.45, 7) is 0. The summed E-state index contributed by atoms with van der Waals surface area (Å²) in [5, 5.41) is 18.0. The summed E-state index contributed by atoms with van der Waals surface area (Å²) in [7, 11) is -3.67. The molecule has 0 atom stereocenters. The minimum absolute atomic E-state index is 0.168. The third kappa shape index (κ3) is 2.13. The first-order valence-electron chi connectivity index (χ1n) is 3.54. The monoisotopic (exact) mass is 219 g/mol. The second kappa shape index (κ2) is 3.82. The number of aromatic hydroxyl groups is 2. The average molecular weight is 219 g/mol. The average Bonchev–Trinajstić information content (AvgIpc) is 2.09. The number of benzene rings is 1. The minimum atomic E-state index is -3.67. The highest BCUT2D eigenvalue weighted by Crippen LogP contribution is 2.27. The van der Waals surface area contributed by atoms with Crippen LogP contribution in [0.2, 0.25) is 0 Å². The fourth-order valence-electron chi connectivity index (χ4n) is 0.854. The summed E-state index contributed by atoms with van der Waals surface area (Å²) in [5.41, 5.74) is 0. The molecule has 0 spiro atoms. The van der Waals surface area contributed by atoms with E-state index >= 15 is 0 Å².